The van der Waals surface area contributed by atoms with Gasteiger partial charge in [0.1, 0.15) is 11.5 Å². The first-order valence-corrected chi connectivity index (χ1v) is 15.5. The van der Waals surface area contributed by atoms with Gasteiger partial charge in [-0.1, -0.05) is 55.4 Å². The number of morpholine rings is 1. The van der Waals surface area contributed by atoms with E-state index < -0.39 is 0 Å². The fraction of sp³-hybridized carbons (Fsp3) is 0.788. The molecule has 2 aromatic rings. The Morgan fingerprint density at radius 3 is 2.33 bits per heavy atom. The Kier molecular flexibility index (Phi) is 9.71. The van der Waals surface area contributed by atoms with Crippen LogP contribution in [0.15, 0.2) is 28.8 Å². The molecule has 2 atom stereocenters. The molecule has 0 spiro atoms. The number of hydrogen-bond acceptors (Lipinski definition) is 5. The van der Waals surface area contributed by atoms with E-state index in [1.54, 1.807) is 0 Å². The lowest BCUT2D eigenvalue weighted by Gasteiger charge is -2.46. The van der Waals surface area contributed by atoms with Crippen LogP contribution in [0.3, 0.4) is 0 Å². The number of hydrogen-bond donors (Lipinski definition) is 0. The second kappa shape index (κ2) is 12.5. The molecule has 39 heavy (non-hydrogen) atoms. The summed E-state index contributed by atoms with van der Waals surface area (Å²) in [6, 6.07) is 7.19. The van der Waals surface area contributed by atoms with Crippen LogP contribution in [0.4, 0.5) is 0 Å². The Morgan fingerprint density at radius 2 is 1.64 bits per heavy atom. The predicted octanol–water partition coefficient (Wildman–Crippen LogP) is 6.53. The van der Waals surface area contributed by atoms with Crippen LogP contribution in [0.5, 0.6) is 0 Å². The van der Waals surface area contributed by atoms with Gasteiger partial charge in [0.05, 0.1) is 19.8 Å². The summed E-state index contributed by atoms with van der Waals surface area (Å²) in [4.78, 5) is 5.26. The molecule has 4 rings (SSSR count). The third-order valence-electron chi connectivity index (χ3n) is 9.22. The molecular formula is C33H56N4O2. The third-order valence-corrected chi connectivity index (χ3v) is 9.22. The summed E-state index contributed by atoms with van der Waals surface area (Å²) >= 11 is 0. The second-order valence-corrected chi connectivity index (χ2v) is 14.9. The minimum absolute atomic E-state index is 0.00653. The highest BCUT2D eigenvalue weighted by atomic mass is 16.5. The van der Waals surface area contributed by atoms with E-state index >= 15 is 0 Å². The van der Waals surface area contributed by atoms with Crippen LogP contribution in [0.1, 0.15) is 98.3 Å². The van der Waals surface area contributed by atoms with Crippen molar-refractivity contribution in [2.45, 2.75) is 111 Å². The quantitative estimate of drug-likeness (QED) is 0.343. The summed E-state index contributed by atoms with van der Waals surface area (Å²) in [5.41, 5.74) is 1.76. The Bertz CT molecular complexity index is 1020. The van der Waals surface area contributed by atoms with Gasteiger partial charge in [0.2, 0.25) is 0 Å². The van der Waals surface area contributed by atoms with Crippen LogP contribution in [0, 0.1) is 11.3 Å². The molecule has 0 amide bonds. The van der Waals surface area contributed by atoms with Crippen LogP contribution in [-0.4, -0.2) is 71.6 Å². The van der Waals surface area contributed by atoms with E-state index in [4.69, 9.17) is 14.3 Å². The van der Waals surface area contributed by atoms with E-state index in [0.717, 1.165) is 82.6 Å². The molecule has 2 unspecified atom stereocenters. The van der Waals surface area contributed by atoms with Crippen molar-refractivity contribution in [2.24, 2.45) is 11.3 Å². The number of aromatic nitrogens is 2. The molecule has 6 nitrogen and oxygen atoms in total. The molecule has 6 heteroatoms. The molecule has 2 aliphatic heterocycles. The van der Waals surface area contributed by atoms with Gasteiger partial charge in [-0.2, -0.15) is 5.10 Å². The van der Waals surface area contributed by atoms with E-state index in [9.17, 15) is 0 Å². The highest BCUT2D eigenvalue weighted by molar-refractivity contribution is 5.17. The molecule has 2 aliphatic rings. The van der Waals surface area contributed by atoms with E-state index in [1.165, 1.54) is 25.1 Å². The summed E-state index contributed by atoms with van der Waals surface area (Å²) in [7, 11) is 0. The van der Waals surface area contributed by atoms with E-state index in [2.05, 4.69) is 88.1 Å². The van der Waals surface area contributed by atoms with Crippen molar-refractivity contribution in [1.29, 1.82) is 0 Å². The zero-order valence-electron chi connectivity index (χ0n) is 26.3. The van der Waals surface area contributed by atoms with Crippen LogP contribution in [-0.2, 0) is 28.5 Å². The third kappa shape index (κ3) is 8.20. The normalized spacial score (nSPS) is 22.5. The molecule has 0 radical (unpaired) electrons. The molecule has 4 heterocycles. The Balaban J connectivity index is 1.40. The summed E-state index contributed by atoms with van der Waals surface area (Å²) in [5, 5.41) is 4.69. The van der Waals surface area contributed by atoms with Gasteiger partial charge in [0.15, 0.2) is 0 Å². The number of nitrogens with zero attached hydrogens (tertiary/aromatic N) is 4. The van der Waals surface area contributed by atoms with Gasteiger partial charge in [-0.15, -0.1) is 0 Å². The van der Waals surface area contributed by atoms with E-state index in [1.807, 2.05) is 6.20 Å². The lowest BCUT2D eigenvalue weighted by Crippen LogP contribution is -2.48. The second-order valence-electron chi connectivity index (χ2n) is 14.9. The predicted molar refractivity (Wildman–Crippen MR) is 160 cm³/mol. The van der Waals surface area contributed by atoms with Gasteiger partial charge >= 0.3 is 0 Å². The number of ether oxygens (including phenoxy) is 1. The largest absolute Gasteiger partial charge is 0.466 e. The van der Waals surface area contributed by atoms with Crippen LogP contribution in [0.25, 0.3) is 0 Å². The first-order valence-electron chi connectivity index (χ1n) is 15.5. The lowest BCUT2D eigenvalue weighted by molar-refractivity contribution is 0.0372. The fourth-order valence-electron chi connectivity index (χ4n) is 6.63. The average molecular weight is 541 g/mol. The van der Waals surface area contributed by atoms with Crippen LogP contribution < -0.4 is 0 Å². The molecule has 0 aliphatic carbocycles. The molecule has 2 aromatic heterocycles. The van der Waals surface area contributed by atoms with Gasteiger partial charge < -0.3 is 9.15 Å². The van der Waals surface area contributed by atoms with Crippen LogP contribution in [0.2, 0.25) is 0 Å². The Hall–Kier alpha value is -1.63. The number of rotatable bonds is 10. The maximum absolute atomic E-state index is 6.50. The van der Waals surface area contributed by atoms with Crippen molar-refractivity contribution in [2.75, 3.05) is 45.9 Å². The first kappa shape index (κ1) is 30.3. The number of likely N-dealkylation sites (tertiary alicyclic amines) is 1. The van der Waals surface area contributed by atoms with Gasteiger partial charge in [-0.05, 0) is 68.3 Å². The van der Waals surface area contributed by atoms with Gasteiger partial charge in [0, 0.05) is 54.8 Å². The van der Waals surface area contributed by atoms with Crippen molar-refractivity contribution in [3.8, 4) is 0 Å². The van der Waals surface area contributed by atoms with Gasteiger partial charge in [0.25, 0.3) is 0 Å². The number of furan rings is 1. The lowest BCUT2D eigenvalue weighted by atomic mass is 9.70. The summed E-state index contributed by atoms with van der Waals surface area (Å²) in [6.45, 7) is 27.0. The summed E-state index contributed by atoms with van der Waals surface area (Å²) < 4.78 is 14.2. The Labute approximate surface area is 238 Å². The highest BCUT2D eigenvalue weighted by Gasteiger charge is 2.38. The van der Waals surface area contributed by atoms with E-state index in [0.29, 0.717) is 11.5 Å². The van der Waals surface area contributed by atoms with Crippen molar-refractivity contribution in [3.63, 3.8) is 0 Å². The fourth-order valence-corrected chi connectivity index (χ4v) is 6.63. The Morgan fingerprint density at radius 1 is 0.897 bits per heavy atom. The van der Waals surface area contributed by atoms with Crippen molar-refractivity contribution >= 4 is 0 Å². The molecular weight excluding hydrogens is 484 g/mol. The topological polar surface area (TPSA) is 46.7 Å². The first-order chi connectivity index (χ1) is 18.3. The standard InChI is InChI=1S/C33H56N4O2/c1-31(2,3)26-14-17-36(18-19-37-29(13-15-34-37)32(4,5)6)27(24-26)25-33(7,8)30-12-11-28(39-30)10-9-16-35-20-22-38-23-21-35/h11-13,15,26-27H,9-10,14,16-25H2,1-8H3. The zero-order chi connectivity index (χ0) is 28.3. The molecule has 0 saturated carbocycles. The SMILES string of the molecule is CC(C)(C)c1ccnn1CCN1CCC(C(C)(C)C)CC1CC(C)(C)c1ccc(CCCN2CCOCC2)o1. The number of aryl methyl sites for hydroxylation is 1. The number of piperidine rings is 1. The molecule has 0 bridgehead atoms. The van der Waals surface area contributed by atoms with Gasteiger partial charge in [-0.3, -0.25) is 14.5 Å². The molecule has 0 aromatic carbocycles. The van der Waals surface area contributed by atoms with Crippen LogP contribution >= 0.6 is 0 Å². The summed E-state index contributed by atoms with van der Waals surface area (Å²) in [5.74, 6) is 3.02. The van der Waals surface area contributed by atoms with Crippen molar-refractivity contribution in [3.05, 3.63) is 41.6 Å². The van der Waals surface area contributed by atoms with E-state index in [-0.39, 0.29) is 10.8 Å². The highest BCUT2D eigenvalue weighted by Crippen LogP contribution is 2.41. The maximum Gasteiger partial charge on any atom is 0.109 e. The summed E-state index contributed by atoms with van der Waals surface area (Å²) in [6.07, 6.45) is 7.76. The molecule has 0 N–H and O–H groups in total. The zero-order valence-corrected chi connectivity index (χ0v) is 26.3. The molecule has 220 valence electrons. The minimum atomic E-state index is -0.00653. The average Bonchev–Trinajstić information content (AvgIpc) is 3.53. The van der Waals surface area contributed by atoms with Crippen molar-refractivity contribution < 1.29 is 9.15 Å². The maximum atomic E-state index is 6.50. The van der Waals surface area contributed by atoms with Crippen molar-refractivity contribution in [1.82, 2.24) is 19.6 Å². The molecule has 2 saturated heterocycles. The monoisotopic (exact) mass is 540 g/mol. The minimum Gasteiger partial charge on any atom is -0.466 e. The molecule has 2 fully saturated rings. The van der Waals surface area contributed by atoms with Gasteiger partial charge in [-0.25, -0.2) is 0 Å². The smallest absolute Gasteiger partial charge is 0.109 e.